The predicted octanol–water partition coefficient (Wildman–Crippen LogP) is 2.85. The Morgan fingerprint density at radius 1 is 1.25 bits per heavy atom. The van der Waals surface area contributed by atoms with Gasteiger partial charge >= 0.3 is 0 Å². The third-order valence-electron chi connectivity index (χ3n) is 3.36. The lowest BCUT2D eigenvalue weighted by molar-refractivity contribution is 0.0435. The molecule has 0 aromatic heterocycles. The van der Waals surface area contributed by atoms with Crippen molar-refractivity contribution >= 4 is 0 Å². The Balaban J connectivity index is 1.91. The van der Waals surface area contributed by atoms with E-state index in [1.807, 2.05) is 12.1 Å². The van der Waals surface area contributed by atoms with Crippen LogP contribution in [0.25, 0.3) is 0 Å². The largest absolute Gasteiger partial charge is 0.388 e. The summed E-state index contributed by atoms with van der Waals surface area (Å²) in [6.07, 6.45) is 2.72. The Morgan fingerprint density at radius 2 is 1.88 bits per heavy atom. The summed E-state index contributed by atoms with van der Waals surface area (Å²) in [5, 5.41) is 10.1. The maximum Gasteiger partial charge on any atom is 0.0792 e. The highest BCUT2D eigenvalue weighted by molar-refractivity contribution is 5.23. The monoisotopic (exact) mass is 220 g/mol. The van der Waals surface area contributed by atoms with Crippen LogP contribution < -0.4 is 0 Å². The normalized spacial score (nSPS) is 19.6. The molecule has 16 heavy (non-hydrogen) atoms. The first kappa shape index (κ1) is 11.6. The Kier molecular flexibility index (Phi) is 3.97. The van der Waals surface area contributed by atoms with Crippen molar-refractivity contribution < 1.29 is 9.84 Å². The van der Waals surface area contributed by atoms with Crippen molar-refractivity contribution in [3.05, 3.63) is 35.4 Å². The number of hydrogen-bond donors (Lipinski definition) is 1. The van der Waals surface area contributed by atoms with Crippen molar-refractivity contribution in [1.29, 1.82) is 0 Å². The van der Waals surface area contributed by atoms with Crippen LogP contribution >= 0.6 is 0 Å². The van der Waals surface area contributed by atoms with Gasteiger partial charge in [0, 0.05) is 13.2 Å². The zero-order valence-electron chi connectivity index (χ0n) is 9.86. The second kappa shape index (κ2) is 5.46. The Bertz CT molecular complexity index is 312. The molecule has 0 amide bonds. The van der Waals surface area contributed by atoms with E-state index in [0.29, 0.717) is 5.92 Å². The Labute approximate surface area is 97.3 Å². The van der Waals surface area contributed by atoms with E-state index in [4.69, 9.17) is 4.74 Å². The first-order valence-electron chi connectivity index (χ1n) is 6.08. The van der Waals surface area contributed by atoms with Gasteiger partial charge in [0.1, 0.15) is 0 Å². The molecular formula is C14H20O2. The van der Waals surface area contributed by atoms with Crippen LogP contribution in [0.2, 0.25) is 0 Å². The number of aliphatic hydroxyl groups is 1. The van der Waals surface area contributed by atoms with Crippen LogP contribution in [0.5, 0.6) is 0 Å². The van der Waals surface area contributed by atoms with Crippen LogP contribution in [0.4, 0.5) is 0 Å². The van der Waals surface area contributed by atoms with Crippen LogP contribution in [0.15, 0.2) is 24.3 Å². The molecular weight excluding hydrogens is 200 g/mol. The van der Waals surface area contributed by atoms with Crippen molar-refractivity contribution in [1.82, 2.24) is 0 Å². The molecule has 1 unspecified atom stereocenters. The van der Waals surface area contributed by atoms with E-state index in [9.17, 15) is 5.11 Å². The molecule has 1 aromatic carbocycles. The van der Waals surface area contributed by atoms with Crippen molar-refractivity contribution in [2.75, 3.05) is 13.2 Å². The molecule has 2 rings (SSSR count). The maximum atomic E-state index is 10.1. The minimum atomic E-state index is -0.316. The van der Waals surface area contributed by atoms with Crippen LogP contribution in [0, 0.1) is 12.8 Å². The molecule has 1 aliphatic rings. The molecule has 2 heteroatoms. The van der Waals surface area contributed by atoms with Gasteiger partial charge in [-0.1, -0.05) is 29.8 Å². The SMILES string of the molecule is Cc1ccc(C(O)CC2CCOCC2)cc1. The zero-order valence-corrected chi connectivity index (χ0v) is 9.86. The number of hydrogen-bond acceptors (Lipinski definition) is 2. The smallest absolute Gasteiger partial charge is 0.0792 e. The fraction of sp³-hybridized carbons (Fsp3) is 0.571. The first-order chi connectivity index (χ1) is 7.75. The van der Waals surface area contributed by atoms with Crippen molar-refractivity contribution in [2.45, 2.75) is 32.3 Å². The van der Waals surface area contributed by atoms with Gasteiger partial charge in [-0.25, -0.2) is 0 Å². The molecule has 0 spiro atoms. The van der Waals surface area contributed by atoms with Gasteiger partial charge in [0.15, 0.2) is 0 Å². The molecule has 0 saturated carbocycles. The maximum absolute atomic E-state index is 10.1. The fourth-order valence-corrected chi connectivity index (χ4v) is 2.22. The first-order valence-corrected chi connectivity index (χ1v) is 6.08. The minimum absolute atomic E-state index is 0.316. The highest BCUT2D eigenvalue weighted by atomic mass is 16.5. The van der Waals surface area contributed by atoms with E-state index < -0.39 is 0 Å². The molecule has 1 aliphatic heterocycles. The number of benzene rings is 1. The van der Waals surface area contributed by atoms with Crippen LogP contribution in [0.3, 0.4) is 0 Å². The number of rotatable bonds is 3. The summed E-state index contributed by atoms with van der Waals surface area (Å²) in [6, 6.07) is 8.17. The van der Waals surface area contributed by atoms with Crippen LogP contribution in [-0.2, 0) is 4.74 Å². The molecule has 1 atom stereocenters. The summed E-state index contributed by atoms with van der Waals surface area (Å²) in [7, 11) is 0. The van der Waals surface area contributed by atoms with E-state index in [1.165, 1.54) is 5.56 Å². The summed E-state index contributed by atoms with van der Waals surface area (Å²) < 4.78 is 5.32. The number of aliphatic hydroxyl groups excluding tert-OH is 1. The minimum Gasteiger partial charge on any atom is -0.388 e. The van der Waals surface area contributed by atoms with Crippen molar-refractivity contribution in [2.24, 2.45) is 5.92 Å². The lowest BCUT2D eigenvalue weighted by Gasteiger charge is -2.24. The molecule has 1 fully saturated rings. The third-order valence-corrected chi connectivity index (χ3v) is 3.36. The van der Waals surface area contributed by atoms with Gasteiger partial charge in [-0.15, -0.1) is 0 Å². The lowest BCUT2D eigenvalue weighted by Crippen LogP contribution is -2.18. The quantitative estimate of drug-likeness (QED) is 0.848. The Hall–Kier alpha value is -0.860. The molecule has 1 N–H and O–H groups in total. The standard InChI is InChI=1S/C14H20O2/c1-11-2-4-13(5-3-11)14(15)10-12-6-8-16-9-7-12/h2-5,12,14-15H,6-10H2,1H3. The van der Waals surface area contributed by atoms with Crippen molar-refractivity contribution in [3.63, 3.8) is 0 Å². The van der Waals surface area contributed by atoms with Gasteiger partial charge in [-0.2, -0.15) is 0 Å². The molecule has 0 aliphatic carbocycles. The lowest BCUT2D eigenvalue weighted by atomic mass is 9.91. The third kappa shape index (κ3) is 3.06. The van der Waals surface area contributed by atoms with Gasteiger partial charge in [0.2, 0.25) is 0 Å². The molecule has 1 saturated heterocycles. The van der Waals surface area contributed by atoms with Crippen molar-refractivity contribution in [3.8, 4) is 0 Å². The van der Waals surface area contributed by atoms with Gasteiger partial charge < -0.3 is 9.84 Å². The molecule has 0 radical (unpaired) electrons. The topological polar surface area (TPSA) is 29.5 Å². The highest BCUT2D eigenvalue weighted by Crippen LogP contribution is 2.27. The van der Waals surface area contributed by atoms with E-state index in [-0.39, 0.29) is 6.10 Å². The number of ether oxygens (including phenoxy) is 1. The van der Waals surface area contributed by atoms with Gasteiger partial charge in [0.05, 0.1) is 6.10 Å². The molecule has 88 valence electrons. The van der Waals surface area contributed by atoms with E-state index in [0.717, 1.165) is 38.0 Å². The predicted molar refractivity (Wildman–Crippen MR) is 64.3 cm³/mol. The summed E-state index contributed by atoms with van der Waals surface area (Å²) in [6.45, 7) is 3.77. The Morgan fingerprint density at radius 3 is 2.50 bits per heavy atom. The van der Waals surface area contributed by atoms with Gasteiger partial charge in [0.25, 0.3) is 0 Å². The summed E-state index contributed by atoms with van der Waals surface area (Å²) in [5.41, 5.74) is 2.28. The average Bonchev–Trinajstić information content (AvgIpc) is 2.31. The van der Waals surface area contributed by atoms with Crippen LogP contribution in [-0.4, -0.2) is 18.3 Å². The average molecular weight is 220 g/mol. The molecule has 1 heterocycles. The molecule has 1 aromatic rings. The summed E-state index contributed by atoms with van der Waals surface area (Å²) in [5.74, 6) is 0.616. The summed E-state index contributed by atoms with van der Waals surface area (Å²) in [4.78, 5) is 0. The molecule has 2 nitrogen and oxygen atoms in total. The zero-order chi connectivity index (χ0) is 11.4. The van der Waals surface area contributed by atoms with E-state index in [1.54, 1.807) is 0 Å². The fourth-order valence-electron chi connectivity index (χ4n) is 2.22. The van der Waals surface area contributed by atoms with Crippen LogP contribution in [0.1, 0.15) is 36.5 Å². The van der Waals surface area contributed by atoms with E-state index >= 15 is 0 Å². The van der Waals surface area contributed by atoms with Gasteiger partial charge in [-0.05, 0) is 37.7 Å². The number of aryl methyl sites for hydroxylation is 1. The second-order valence-electron chi connectivity index (χ2n) is 4.72. The summed E-state index contributed by atoms with van der Waals surface area (Å²) >= 11 is 0. The van der Waals surface area contributed by atoms with E-state index in [2.05, 4.69) is 19.1 Å². The van der Waals surface area contributed by atoms with Gasteiger partial charge in [-0.3, -0.25) is 0 Å². The highest BCUT2D eigenvalue weighted by Gasteiger charge is 2.18. The molecule has 0 bridgehead atoms. The second-order valence-corrected chi connectivity index (χ2v) is 4.72.